The lowest BCUT2D eigenvalue weighted by molar-refractivity contribution is -0.137. The minimum atomic E-state index is -4.36. The summed E-state index contributed by atoms with van der Waals surface area (Å²) in [6, 6.07) is 4.95. The Morgan fingerprint density at radius 2 is 1.78 bits per heavy atom. The number of guanidine groups is 1. The van der Waals surface area contributed by atoms with E-state index < -0.39 is 11.7 Å². The second kappa shape index (κ2) is 12.0. The summed E-state index contributed by atoms with van der Waals surface area (Å²) in [4.78, 5) is 19.2. The van der Waals surface area contributed by atoms with Crippen molar-refractivity contribution in [3.63, 3.8) is 0 Å². The Bertz CT molecular complexity index is 607. The molecular weight excluding hydrogens is 476 g/mol. The number of nitrogens with one attached hydrogen (secondary N) is 1. The molecule has 1 aromatic rings. The Balaban J connectivity index is 0.00000676. The Labute approximate surface area is 174 Å². The Morgan fingerprint density at radius 3 is 2.26 bits per heavy atom. The third kappa shape index (κ3) is 9.27. The van der Waals surface area contributed by atoms with Crippen molar-refractivity contribution >= 4 is 35.8 Å². The minimum Gasteiger partial charge on any atom is -0.383 e. The fourth-order valence-electron chi connectivity index (χ4n) is 2.01. The summed E-state index contributed by atoms with van der Waals surface area (Å²) in [5, 5.41) is 3.07. The molecule has 27 heavy (non-hydrogen) atoms. The molecule has 0 spiro atoms. The Kier molecular flexibility index (Phi) is 11.3. The van der Waals surface area contributed by atoms with Gasteiger partial charge in [-0.2, -0.15) is 13.2 Å². The number of methoxy groups -OCH3 is 1. The van der Waals surface area contributed by atoms with Gasteiger partial charge in [0.25, 0.3) is 0 Å². The van der Waals surface area contributed by atoms with Gasteiger partial charge in [0.2, 0.25) is 5.91 Å². The van der Waals surface area contributed by atoms with Gasteiger partial charge in [-0.1, -0.05) is 12.1 Å². The Morgan fingerprint density at radius 1 is 1.19 bits per heavy atom. The van der Waals surface area contributed by atoms with Gasteiger partial charge >= 0.3 is 6.18 Å². The van der Waals surface area contributed by atoms with Crippen LogP contribution < -0.4 is 5.32 Å². The van der Waals surface area contributed by atoms with E-state index in [9.17, 15) is 18.0 Å². The molecule has 0 aliphatic carbocycles. The van der Waals surface area contributed by atoms with Crippen molar-refractivity contribution in [2.45, 2.75) is 12.7 Å². The number of alkyl halides is 3. The summed E-state index contributed by atoms with van der Waals surface area (Å²) < 4.78 is 42.9. The molecule has 0 atom stereocenters. The van der Waals surface area contributed by atoms with Crippen LogP contribution in [0.15, 0.2) is 29.3 Å². The molecule has 0 aromatic heterocycles. The zero-order valence-electron chi connectivity index (χ0n) is 15.8. The number of hydrogen-bond acceptors (Lipinski definition) is 3. The molecule has 0 saturated carbocycles. The molecule has 0 radical (unpaired) electrons. The van der Waals surface area contributed by atoms with Crippen LogP contribution in [0.4, 0.5) is 13.2 Å². The summed E-state index contributed by atoms with van der Waals surface area (Å²) in [7, 11) is 6.60. The SMILES string of the molecule is COCCNC(=NCC(=O)N(C)C)N(C)Cc1ccc(C(F)(F)F)cc1.I. The lowest BCUT2D eigenvalue weighted by atomic mass is 10.1. The molecule has 0 unspecified atom stereocenters. The van der Waals surface area contributed by atoms with E-state index in [0.717, 1.165) is 12.1 Å². The third-order valence-electron chi connectivity index (χ3n) is 3.51. The van der Waals surface area contributed by atoms with Crippen molar-refractivity contribution in [1.82, 2.24) is 15.1 Å². The van der Waals surface area contributed by atoms with Gasteiger partial charge in [-0.3, -0.25) is 4.79 Å². The molecule has 1 rings (SSSR count). The molecule has 0 bridgehead atoms. The predicted molar refractivity (Wildman–Crippen MR) is 109 cm³/mol. The summed E-state index contributed by atoms with van der Waals surface area (Å²) in [6.07, 6.45) is -4.36. The van der Waals surface area contributed by atoms with Crippen LogP contribution in [-0.4, -0.2) is 69.6 Å². The quantitative estimate of drug-likeness (QED) is 0.270. The maximum atomic E-state index is 12.6. The van der Waals surface area contributed by atoms with Crippen molar-refractivity contribution in [3.05, 3.63) is 35.4 Å². The number of likely N-dealkylation sites (N-methyl/N-ethyl adjacent to an activating group) is 1. The molecule has 1 aromatic carbocycles. The molecule has 0 aliphatic rings. The number of carbonyl (C=O) groups is 1. The second-order valence-electron chi connectivity index (χ2n) is 5.90. The molecule has 0 aliphatic heterocycles. The number of ether oxygens (including phenoxy) is 1. The number of carbonyl (C=O) groups excluding carboxylic acids is 1. The average molecular weight is 502 g/mol. The highest BCUT2D eigenvalue weighted by Crippen LogP contribution is 2.29. The number of nitrogens with zero attached hydrogens (tertiary/aromatic N) is 3. The third-order valence-corrected chi connectivity index (χ3v) is 3.51. The van der Waals surface area contributed by atoms with Gasteiger partial charge in [-0.15, -0.1) is 24.0 Å². The van der Waals surface area contributed by atoms with Crippen LogP contribution in [-0.2, 0) is 22.3 Å². The lowest BCUT2D eigenvalue weighted by Crippen LogP contribution is -2.41. The first-order valence-electron chi connectivity index (χ1n) is 7.99. The monoisotopic (exact) mass is 502 g/mol. The summed E-state index contributed by atoms with van der Waals surface area (Å²) in [6.45, 7) is 1.25. The summed E-state index contributed by atoms with van der Waals surface area (Å²) in [5.74, 6) is 0.316. The standard InChI is InChI=1S/C17H25F3N4O2.HI/c1-23(2)15(25)11-22-16(21-9-10-26-4)24(3)12-13-5-7-14(8-6-13)17(18,19)20;/h5-8H,9-12H2,1-4H3,(H,21,22);1H. The molecule has 154 valence electrons. The fraction of sp³-hybridized carbons (Fsp3) is 0.529. The van der Waals surface area contributed by atoms with Gasteiger partial charge in [-0.05, 0) is 17.7 Å². The number of halogens is 4. The average Bonchev–Trinajstić information content (AvgIpc) is 2.57. The predicted octanol–water partition coefficient (Wildman–Crippen LogP) is 2.44. The topological polar surface area (TPSA) is 57.2 Å². The first kappa shape index (κ1) is 25.4. The van der Waals surface area contributed by atoms with Crippen molar-refractivity contribution in [3.8, 4) is 0 Å². The van der Waals surface area contributed by atoms with Crippen molar-refractivity contribution < 1.29 is 22.7 Å². The minimum absolute atomic E-state index is 0. The van der Waals surface area contributed by atoms with Crippen LogP contribution >= 0.6 is 24.0 Å². The van der Waals surface area contributed by atoms with E-state index in [1.165, 1.54) is 17.0 Å². The highest BCUT2D eigenvalue weighted by atomic mass is 127. The van der Waals surface area contributed by atoms with Gasteiger partial charge in [0.1, 0.15) is 6.54 Å². The van der Waals surface area contributed by atoms with E-state index in [1.807, 2.05) is 0 Å². The van der Waals surface area contributed by atoms with Gasteiger partial charge in [0, 0.05) is 41.3 Å². The molecule has 1 amide bonds. The maximum absolute atomic E-state index is 12.6. The normalized spacial score (nSPS) is 11.6. The van der Waals surface area contributed by atoms with E-state index in [4.69, 9.17) is 4.74 Å². The maximum Gasteiger partial charge on any atom is 0.416 e. The number of hydrogen-bond donors (Lipinski definition) is 1. The Hall–Kier alpha value is -1.56. The zero-order chi connectivity index (χ0) is 19.7. The molecule has 10 heteroatoms. The van der Waals surface area contributed by atoms with E-state index in [0.29, 0.717) is 31.2 Å². The van der Waals surface area contributed by atoms with Crippen molar-refractivity contribution in [1.29, 1.82) is 0 Å². The summed E-state index contributed by atoms with van der Waals surface area (Å²) in [5.41, 5.74) is 0.00766. The van der Waals surface area contributed by atoms with Gasteiger partial charge in [0.05, 0.1) is 12.2 Å². The van der Waals surface area contributed by atoms with Gasteiger partial charge in [0.15, 0.2) is 5.96 Å². The first-order valence-corrected chi connectivity index (χ1v) is 7.99. The smallest absolute Gasteiger partial charge is 0.383 e. The molecule has 0 heterocycles. The molecule has 1 N–H and O–H groups in total. The number of amides is 1. The van der Waals surface area contributed by atoms with E-state index in [-0.39, 0.29) is 36.4 Å². The fourth-order valence-corrected chi connectivity index (χ4v) is 2.01. The van der Waals surface area contributed by atoms with Crippen LogP contribution in [0.1, 0.15) is 11.1 Å². The highest BCUT2D eigenvalue weighted by Gasteiger charge is 2.29. The lowest BCUT2D eigenvalue weighted by Gasteiger charge is -2.23. The van der Waals surface area contributed by atoms with Crippen LogP contribution in [0, 0.1) is 0 Å². The van der Waals surface area contributed by atoms with Crippen molar-refractivity contribution in [2.75, 3.05) is 47.9 Å². The second-order valence-corrected chi connectivity index (χ2v) is 5.90. The number of benzene rings is 1. The zero-order valence-corrected chi connectivity index (χ0v) is 18.2. The number of aliphatic imine (C=N–C) groups is 1. The van der Waals surface area contributed by atoms with Crippen LogP contribution in [0.25, 0.3) is 0 Å². The highest BCUT2D eigenvalue weighted by molar-refractivity contribution is 14.0. The molecular formula is C17H26F3IN4O2. The van der Waals surface area contributed by atoms with Gasteiger partial charge in [-0.25, -0.2) is 4.99 Å². The van der Waals surface area contributed by atoms with Crippen LogP contribution in [0.5, 0.6) is 0 Å². The molecule has 0 fully saturated rings. The largest absolute Gasteiger partial charge is 0.416 e. The van der Waals surface area contributed by atoms with Gasteiger partial charge < -0.3 is 19.9 Å². The molecule has 0 saturated heterocycles. The summed E-state index contributed by atoms with van der Waals surface area (Å²) >= 11 is 0. The number of rotatable bonds is 7. The van der Waals surface area contributed by atoms with Crippen LogP contribution in [0.2, 0.25) is 0 Å². The van der Waals surface area contributed by atoms with E-state index >= 15 is 0 Å². The van der Waals surface area contributed by atoms with E-state index in [1.54, 1.807) is 33.2 Å². The van der Waals surface area contributed by atoms with Crippen molar-refractivity contribution in [2.24, 2.45) is 4.99 Å². The van der Waals surface area contributed by atoms with E-state index in [2.05, 4.69) is 10.3 Å². The molecule has 6 nitrogen and oxygen atoms in total. The first-order chi connectivity index (χ1) is 12.1. The van der Waals surface area contributed by atoms with Crippen LogP contribution in [0.3, 0.4) is 0 Å².